The largest absolute Gasteiger partial charge is 0.292 e. The first-order valence-electron chi connectivity index (χ1n) is 7.52. The van der Waals surface area contributed by atoms with Crippen LogP contribution in [0.5, 0.6) is 0 Å². The van der Waals surface area contributed by atoms with Crippen LogP contribution in [0.3, 0.4) is 0 Å². The molecule has 0 saturated heterocycles. The first-order chi connectivity index (χ1) is 13.0. The zero-order valence-corrected chi connectivity index (χ0v) is 13.3. The highest BCUT2D eigenvalue weighted by atomic mass is 19.2. The number of rotatable bonds is 4. The number of amides is 1. The molecule has 0 radical (unpaired) electrons. The quantitative estimate of drug-likeness (QED) is 0.542. The first-order valence-corrected chi connectivity index (χ1v) is 7.52. The summed E-state index contributed by atoms with van der Waals surface area (Å²) in [4.78, 5) is 16.0. The number of anilines is 1. The second-order valence-corrected chi connectivity index (χ2v) is 5.43. The Hall–Kier alpha value is -3.83. The lowest BCUT2D eigenvalue weighted by Crippen LogP contribution is -2.19. The number of carbonyl (C=O) groups is 1. The number of halogens is 3. The molecule has 1 N–H and O–H groups in total. The summed E-state index contributed by atoms with van der Waals surface area (Å²) in [6.45, 7) is -0.145. The van der Waals surface area contributed by atoms with Crippen molar-refractivity contribution in [1.82, 2.24) is 34.8 Å². The van der Waals surface area contributed by atoms with E-state index in [-0.39, 0.29) is 18.1 Å². The number of hydrogen-bond acceptors (Lipinski definition) is 6. The van der Waals surface area contributed by atoms with Gasteiger partial charge in [-0.3, -0.25) is 10.1 Å². The van der Waals surface area contributed by atoms with Crippen molar-refractivity contribution in [3.05, 3.63) is 54.2 Å². The van der Waals surface area contributed by atoms with Crippen LogP contribution in [0.15, 0.2) is 36.8 Å². The molecule has 9 nitrogen and oxygen atoms in total. The molecule has 12 heteroatoms. The van der Waals surface area contributed by atoms with Gasteiger partial charge in [-0.2, -0.15) is 4.98 Å². The molecule has 0 fully saturated rings. The predicted molar refractivity (Wildman–Crippen MR) is 84.7 cm³/mol. The van der Waals surface area contributed by atoms with Crippen LogP contribution in [0.4, 0.5) is 19.1 Å². The van der Waals surface area contributed by atoms with E-state index >= 15 is 0 Å². The third-order valence-electron chi connectivity index (χ3n) is 3.61. The highest BCUT2D eigenvalue weighted by Gasteiger charge is 2.17. The lowest BCUT2D eigenvalue weighted by Gasteiger charge is -2.06. The van der Waals surface area contributed by atoms with E-state index in [1.165, 1.54) is 33.9 Å². The van der Waals surface area contributed by atoms with Gasteiger partial charge < -0.3 is 0 Å². The highest BCUT2D eigenvalue weighted by molar-refractivity contribution is 5.88. The Morgan fingerprint density at radius 1 is 1.11 bits per heavy atom. The maximum absolute atomic E-state index is 14.0. The summed E-state index contributed by atoms with van der Waals surface area (Å²) < 4.78 is 43.8. The smallest absolute Gasteiger partial charge is 0.249 e. The van der Waals surface area contributed by atoms with Gasteiger partial charge in [-0.05, 0) is 34.7 Å². The molecule has 1 aromatic carbocycles. The zero-order valence-electron chi connectivity index (χ0n) is 13.3. The van der Waals surface area contributed by atoms with Gasteiger partial charge in [0.25, 0.3) is 0 Å². The Labute approximate surface area is 148 Å². The van der Waals surface area contributed by atoms with E-state index in [1.807, 2.05) is 0 Å². The van der Waals surface area contributed by atoms with Crippen LogP contribution < -0.4 is 5.32 Å². The molecule has 0 aliphatic carbocycles. The van der Waals surface area contributed by atoms with Crippen molar-refractivity contribution in [1.29, 1.82) is 0 Å². The number of tetrazole rings is 1. The number of hydrogen-bond donors (Lipinski definition) is 1. The van der Waals surface area contributed by atoms with Crippen LogP contribution in [0.25, 0.3) is 16.8 Å². The van der Waals surface area contributed by atoms with Gasteiger partial charge >= 0.3 is 0 Å². The minimum absolute atomic E-state index is 0.0228. The van der Waals surface area contributed by atoms with Crippen LogP contribution >= 0.6 is 0 Å². The minimum Gasteiger partial charge on any atom is -0.292 e. The van der Waals surface area contributed by atoms with Crippen LogP contribution in [0, 0.1) is 17.5 Å². The van der Waals surface area contributed by atoms with Gasteiger partial charge in [-0.15, -0.1) is 10.2 Å². The number of nitrogens with one attached hydrogen (secondary N) is 1. The Morgan fingerprint density at radius 3 is 2.70 bits per heavy atom. The molecule has 0 spiro atoms. The summed E-state index contributed by atoms with van der Waals surface area (Å²) >= 11 is 0. The maximum atomic E-state index is 14.0. The van der Waals surface area contributed by atoms with E-state index in [2.05, 4.69) is 30.9 Å². The Kier molecular flexibility index (Phi) is 3.99. The van der Waals surface area contributed by atoms with Crippen molar-refractivity contribution in [2.45, 2.75) is 6.54 Å². The topological polar surface area (TPSA) is 103 Å². The lowest BCUT2D eigenvalue weighted by atomic mass is 10.1. The van der Waals surface area contributed by atoms with E-state index < -0.39 is 28.9 Å². The molecule has 27 heavy (non-hydrogen) atoms. The summed E-state index contributed by atoms with van der Waals surface area (Å²) in [7, 11) is 0. The molecule has 0 aliphatic heterocycles. The number of pyridine rings is 1. The summed E-state index contributed by atoms with van der Waals surface area (Å²) in [6, 6.07) is 4.35. The van der Waals surface area contributed by atoms with Gasteiger partial charge in [0.05, 0.1) is 5.56 Å². The van der Waals surface area contributed by atoms with Gasteiger partial charge in [0.2, 0.25) is 11.9 Å². The number of benzene rings is 1. The molecule has 0 unspecified atom stereocenters. The first kappa shape index (κ1) is 16.6. The second kappa shape index (κ2) is 6.48. The van der Waals surface area contributed by atoms with Crippen molar-refractivity contribution >= 4 is 17.5 Å². The Balaban J connectivity index is 1.63. The monoisotopic (exact) mass is 374 g/mol. The number of carbonyl (C=O) groups excluding carboxylic acids is 1. The van der Waals surface area contributed by atoms with Crippen molar-refractivity contribution in [2.75, 3.05) is 5.32 Å². The van der Waals surface area contributed by atoms with Crippen LogP contribution in [-0.2, 0) is 11.3 Å². The van der Waals surface area contributed by atoms with E-state index in [9.17, 15) is 18.0 Å². The summed E-state index contributed by atoms with van der Waals surface area (Å²) in [6.07, 6.45) is 2.55. The van der Waals surface area contributed by atoms with Crippen molar-refractivity contribution in [2.24, 2.45) is 0 Å². The van der Waals surface area contributed by atoms with Crippen LogP contribution in [0.1, 0.15) is 0 Å². The molecule has 1 amide bonds. The zero-order chi connectivity index (χ0) is 19.0. The molecule has 4 aromatic rings. The van der Waals surface area contributed by atoms with E-state index in [1.54, 1.807) is 0 Å². The normalized spacial score (nSPS) is 11.1. The van der Waals surface area contributed by atoms with Gasteiger partial charge in [0.1, 0.15) is 18.7 Å². The standard InChI is InChI=1S/C15H9F3N8O/c16-9-2-3-10(17)14(18)13(9)8-1-4-11-20-15(22-26(11)5-8)21-12(27)6-25-7-19-23-24-25/h1-5,7H,6H2,(H,21,22,27). The van der Waals surface area contributed by atoms with Crippen molar-refractivity contribution in [3.8, 4) is 11.1 Å². The van der Waals surface area contributed by atoms with Gasteiger partial charge in [0.15, 0.2) is 17.3 Å². The van der Waals surface area contributed by atoms with E-state index in [0.717, 1.165) is 6.07 Å². The summed E-state index contributed by atoms with van der Waals surface area (Å²) in [5.74, 6) is -3.88. The number of nitrogens with zero attached hydrogens (tertiary/aromatic N) is 7. The van der Waals surface area contributed by atoms with Crippen molar-refractivity contribution < 1.29 is 18.0 Å². The molecule has 4 rings (SSSR count). The van der Waals surface area contributed by atoms with Crippen molar-refractivity contribution in [3.63, 3.8) is 0 Å². The third-order valence-corrected chi connectivity index (χ3v) is 3.61. The Bertz CT molecular complexity index is 1140. The molecule has 0 atom stereocenters. The van der Waals surface area contributed by atoms with E-state index in [0.29, 0.717) is 11.7 Å². The Morgan fingerprint density at radius 2 is 1.93 bits per heavy atom. The predicted octanol–water partition coefficient (Wildman–Crippen LogP) is 1.44. The number of aromatic nitrogens is 7. The molecule has 0 aliphatic rings. The highest BCUT2D eigenvalue weighted by Crippen LogP contribution is 2.27. The summed E-state index contributed by atoms with van der Waals surface area (Å²) in [5.41, 5.74) is -0.140. The second-order valence-electron chi connectivity index (χ2n) is 5.43. The molecule has 136 valence electrons. The average molecular weight is 374 g/mol. The fourth-order valence-electron chi connectivity index (χ4n) is 2.44. The average Bonchev–Trinajstić information content (AvgIpc) is 3.27. The lowest BCUT2D eigenvalue weighted by molar-refractivity contribution is -0.117. The molecular weight excluding hydrogens is 365 g/mol. The fourth-order valence-corrected chi connectivity index (χ4v) is 2.44. The third kappa shape index (κ3) is 3.19. The molecular formula is C15H9F3N8O. The molecule has 0 saturated carbocycles. The van der Waals surface area contributed by atoms with E-state index in [4.69, 9.17) is 0 Å². The molecule has 3 heterocycles. The van der Waals surface area contributed by atoms with Crippen LogP contribution in [-0.4, -0.2) is 40.7 Å². The molecule has 3 aromatic heterocycles. The van der Waals surface area contributed by atoms with Gasteiger partial charge in [-0.1, -0.05) is 0 Å². The van der Waals surface area contributed by atoms with Crippen LogP contribution in [0.2, 0.25) is 0 Å². The summed E-state index contributed by atoms with van der Waals surface area (Å²) in [5, 5.41) is 16.8. The fraction of sp³-hybridized carbons (Fsp3) is 0.0667. The van der Waals surface area contributed by atoms with Gasteiger partial charge in [-0.25, -0.2) is 22.4 Å². The van der Waals surface area contributed by atoms with Gasteiger partial charge in [0, 0.05) is 11.8 Å². The molecule has 0 bridgehead atoms. The minimum atomic E-state index is -1.30. The SMILES string of the molecule is O=C(Cn1cnnn1)Nc1nc2ccc(-c3c(F)ccc(F)c3F)cn2n1. The number of fused-ring (bicyclic) bond motifs is 1. The maximum Gasteiger partial charge on any atom is 0.249 e.